The van der Waals surface area contributed by atoms with E-state index >= 15 is 0 Å². The molecule has 0 radical (unpaired) electrons. The standard InChI is InChI=1S/C15H29N/c1-11(2)16(12(3)4)15-13-7-5-8-14(15)10-6-9-13/h11-15H,5-10H2,1-4H3. The average molecular weight is 223 g/mol. The molecule has 0 aliphatic heterocycles. The van der Waals surface area contributed by atoms with Gasteiger partial charge in [0.05, 0.1) is 0 Å². The van der Waals surface area contributed by atoms with Gasteiger partial charge >= 0.3 is 0 Å². The molecule has 0 N–H and O–H groups in total. The van der Waals surface area contributed by atoms with E-state index in [1.165, 1.54) is 38.5 Å². The third-order valence-corrected chi connectivity index (χ3v) is 4.80. The first-order chi connectivity index (χ1) is 7.61. The zero-order valence-corrected chi connectivity index (χ0v) is 11.6. The summed E-state index contributed by atoms with van der Waals surface area (Å²) in [4.78, 5) is 2.81. The number of rotatable bonds is 3. The quantitative estimate of drug-likeness (QED) is 0.697. The first-order valence-electron chi connectivity index (χ1n) is 7.38. The molecule has 2 aliphatic carbocycles. The Morgan fingerprint density at radius 3 is 1.44 bits per heavy atom. The smallest absolute Gasteiger partial charge is 0.0157 e. The molecule has 1 heteroatoms. The van der Waals surface area contributed by atoms with Crippen molar-refractivity contribution in [3.8, 4) is 0 Å². The molecule has 1 nitrogen and oxygen atoms in total. The zero-order chi connectivity index (χ0) is 11.7. The molecule has 0 aromatic heterocycles. The third-order valence-electron chi connectivity index (χ3n) is 4.80. The summed E-state index contributed by atoms with van der Waals surface area (Å²) in [6, 6.07) is 2.33. The van der Waals surface area contributed by atoms with E-state index in [-0.39, 0.29) is 0 Å². The van der Waals surface area contributed by atoms with Crippen LogP contribution in [0.5, 0.6) is 0 Å². The molecule has 0 aromatic carbocycles. The molecule has 0 heterocycles. The summed E-state index contributed by atoms with van der Waals surface area (Å²) < 4.78 is 0. The van der Waals surface area contributed by atoms with Gasteiger partial charge in [-0.2, -0.15) is 0 Å². The fourth-order valence-corrected chi connectivity index (χ4v) is 4.41. The van der Waals surface area contributed by atoms with Crippen LogP contribution in [0.3, 0.4) is 0 Å². The molecule has 0 saturated heterocycles. The highest BCUT2D eigenvalue weighted by atomic mass is 15.2. The Morgan fingerprint density at radius 2 is 1.12 bits per heavy atom. The molecular formula is C15H29N. The minimum Gasteiger partial charge on any atom is -0.295 e. The van der Waals surface area contributed by atoms with Crippen molar-refractivity contribution in [2.45, 2.75) is 84.3 Å². The molecule has 2 fully saturated rings. The summed E-state index contributed by atoms with van der Waals surface area (Å²) in [5.74, 6) is 2.02. The number of fused-ring (bicyclic) bond motifs is 2. The highest BCUT2D eigenvalue weighted by Gasteiger charge is 2.41. The van der Waals surface area contributed by atoms with E-state index in [2.05, 4.69) is 32.6 Å². The fraction of sp³-hybridized carbons (Fsp3) is 1.00. The number of hydrogen-bond acceptors (Lipinski definition) is 1. The Balaban J connectivity index is 2.16. The largest absolute Gasteiger partial charge is 0.295 e. The van der Waals surface area contributed by atoms with Crippen LogP contribution in [0.4, 0.5) is 0 Å². The van der Waals surface area contributed by atoms with Crippen molar-refractivity contribution >= 4 is 0 Å². The van der Waals surface area contributed by atoms with Gasteiger partial charge in [0, 0.05) is 18.1 Å². The van der Waals surface area contributed by atoms with Crippen molar-refractivity contribution in [1.29, 1.82) is 0 Å². The van der Waals surface area contributed by atoms with Crippen molar-refractivity contribution in [2.75, 3.05) is 0 Å². The van der Waals surface area contributed by atoms with E-state index in [4.69, 9.17) is 0 Å². The molecule has 2 bridgehead atoms. The van der Waals surface area contributed by atoms with Crippen LogP contribution in [0.2, 0.25) is 0 Å². The zero-order valence-electron chi connectivity index (χ0n) is 11.6. The van der Waals surface area contributed by atoms with E-state index in [9.17, 15) is 0 Å². The van der Waals surface area contributed by atoms with Crippen LogP contribution >= 0.6 is 0 Å². The lowest BCUT2D eigenvalue weighted by atomic mass is 9.67. The summed E-state index contributed by atoms with van der Waals surface area (Å²) in [5.41, 5.74) is 0. The van der Waals surface area contributed by atoms with Crippen LogP contribution in [0.1, 0.15) is 66.2 Å². The molecule has 0 spiro atoms. The van der Waals surface area contributed by atoms with Gasteiger partial charge in [0.25, 0.3) is 0 Å². The van der Waals surface area contributed by atoms with Crippen LogP contribution in [0, 0.1) is 11.8 Å². The molecule has 0 unspecified atom stereocenters. The maximum Gasteiger partial charge on any atom is 0.0157 e. The normalized spacial score (nSPS) is 35.1. The highest BCUT2D eigenvalue weighted by Crippen LogP contribution is 2.43. The van der Waals surface area contributed by atoms with Crippen molar-refractivity contribution in [1.82, 2.24) is 4.90 Å². The second-order valence-electron chi connectivity index (χ2n) is 6.51. The van der Waals surface area contributed by atoms with Crippen LogP contribution in [0.15, 0.2) is 0 Å². The first-order valence-corrected chi connectivity index (χ1v) is 7.38. The predicted molar refractivity (Wildman–Crippen MR) is 70.6 cm³/mol. The van der Waals surface area contributed by atoms with Crippen molar-refractivity contribution in [3.63, 3.8) is 0 Å². The lowest BCUT2D eigenvalue weighted by Gasteiger charge is -2.51. The van der Waals surface area contributed by atoms with Gasteiger partial charge in [0.1, 0.15) is 0 Å². The molecule has 94 valence electrons. The second kappa shape index (κ2) is 5.08. The molecule has 2 aliphatic rings. The topological polar surface area (TPSA) is 3.24 Å². The van der Waals surface area contributed by atoms with Gasteiger partial charge in [0.15, 0.2) is 0 Å². The van der Waals surface area contributed by atoms with Crippen LogP contribution in [-0.4, -0.2) is 23.0 Å². The molecule has 0 atom stereocenters. The van der Waals surface area contributed by atoms with Gasteiger partial charge < -0.3 is 0 Å². The van der Waals surface area contributed by atoms with Crippen LogP contribution in [-0.2, 0) is 0 Å². The van der Waals surface area contributed by atoms with Crippen molar-refractivity contribution < 1.29 is 0 Å². The highest BCUT2D eigenvalue weighted by molar-refractivity contribution is 4.94. The Morgan fingerprint density at radius 1 is 0.750 bits per heavy atom. The van der Waals surface area contributed by atoms with Gasteiger partial charge in [-0.3, -0.25) is 4.90 Å². The molecule has 16 heavy (non-hydrogen) atoms. The summed E-state index contributed by atoms with van der Waals surface area (Å²) >= 11 is 0. The SMILES string of the molecule is CC(C)N(C(C)C)C1C2CCCC1CCC2. The average Bonchev–Trinajstić information content (AvgIpc) is 2.15. The molecule has 0 amide bonds. The summed E-state index contributed by atoms with van der Waals surface area (Å²) in [7, 11) is 0. The first kappa shape index (κ1) is 12.4. The summed E-state index contributed by atoms with van der Waals surface area (Å²) in [6.07, 6.45) is 8.98. The van der Waals surface area contributed by atoms with E-state index < -0.39 is 0 Å². The van der Waals surface area contributed by atoms with E-state index in [1.54, 1.807) is 0 Å². The number of nitrogens with zero attached hydrogens (tertiary/aromatic N) is 1. The van der Waals surface area contributed by atoms with Gasteiger partial charge in [0.2, 0.25) is 0 Å². The van der Waals surface area contributed by atoms with E-state index in [0.29, 0.717) is 12.1 Å². The van der Waals surface area contributed by atoms with Gasteiger partial charge in [-0.1, -0.05) is 12.8 Å². The summed E-state index contributed by atoms with van der Waals surface area (Å²) in [5, 5.41) is 0. The van der Waals surface area contributed by atoms with E-state index in [1.807, 2.05) is 0 Å². The molecule has 2 saturated carbocycles. The van der Waals surface area contributed by atoms with E-state index in [0.717, 1.165) is 17.9 Å². The van der Waals surface area contributed by atoms with Gasteiger partial charge in [-0.15, -0.1) is 0 Å². The lowest BCUT2D eigenvalue weighted by Crippen LogP contribution is -2.54. The maximum atomic E-state index is 2.81. The Kier molecular flexibility index (Phi) is 3.94. The summed E-state index contributed by atoms with van der Waals surface area (Å²) in [6.45, 7) is 9.52. The lowest BCUT2D eigenvalue weighted by molar-refractivity contribution is -0.0158. The van der Waals surface area contributed by atoms with Crippen LogP contribution in [0.25, 0.3) is 0 Å². The second-order valence-corrected chi connectivity index (χ2v) is 6.51. The van der Waals surface area contributed by atoms with Gasteiger partial charge in [-0.05, 0) is 65.2 Å². The Bertz CT molecular complexity index is 191. The maximum absolute atomic E-state index is 2.81. The van der Waals surface area contributed by atoms with Crippen molar-refractivity contribution in [3.05, 3.63) is 0 Å². The minimum atomic E-state index is 0.714. The van der Waals surface area contributed by atoms with Crippen molar-refractivity contribution in [2.24, 2.45) is 11.8 Å². The Labute approximate surface area is 102 Å². The monoisotopic (exact) mass is 223 g/mol. The molecular weight excluding hydrogens is 194 g/mol. The minimum absolute atomic E-state index is 0.714. The number of hydrogen-bond donors (Lipinski definition) is 0. The Hall–Kier alpha value is -0.0400. The van der Waals surface area contributed by atoms with Gasteiger partial charge in [-0.25, -0.2) is 0 Å². The van der Waals surface area contributed by atoms with Crippen LogP contribution < -0.4 is 0 Å². The predicted octanol–water partition coefficient (Wildman–Crippen LogP) is 4.07. The molecule has 2 rings (SSSR count). The third kappa shape index (κ3) is 2.30. The fourth-order valence-electron chi connectivity index (χ4n) is 4.41. The molecule has 0 aromatic rings.